The number of carbonyl (C=O) groups excluding carboxylic acids is 1. The van der Waals surface area contributed by atoms with Crippen LogP contribution in [0.4, 0.5) is 5.69 Å². The number of nitrogens with zero attached hydrogens (tertiary/aromatic N) is 2. The topological polar surface area (TPSA) is 83.7 Å². The van der Waals surface area contributed by atoms with Gasteiger partial charge in [0.15, 0.2) is 0 Å². The second-order valence-corrected chi connectivity index (χ2v) is 6.07. The molecule has 0 aliphatic rings. The van der Waals surface area contributed by atoms with E-state index in [1.807, 2.05) is 19.1 Å². The first-order valence-corrected chi connectivity index (χ1v) is 8.30. The first-order valence-electron chi connectivity index (χ1n) is 7.48. The highest BCUT2D eigenvalue weighted by Gasteiger charge is 2.15. The van der Waals surface area contributed by atoms with Gasteiger partial charge in [0.1, 0.15) is 0 Å². The average Bonchev–Trinajstić information content (AvgIpc) is 3.06. The number of amides is 1. The van der Waals surface area contributed by atoms with Crippen LogP contribution >= 0.6 is 11.3 Å². The Hall–Kier alpha value is -2.51. The molecule has 1 aromatic heterocycles. The Morgan fingerprint density at radius 1 is 1.33 bits per heavy atom. The Kier molecular flexibility index (Phi) is 6.22. The van der Waals surface area contributed by atoms with E-state index >= 15 is 0 Å². The normalized spacial score (nSPS) is 10.9. The molecule has 7 heteroatoms. The standard InChI is InChI=1S/C17H18N2O4S/c1-2-18(11-12-20)17(21)10-8-13-7-9-16(24-13)14-5-3-4-6-15(14)19(22)23/h3-10,20H,2,11-12H2,1H3/b10-8+. The lowest BCUT2D eigenvalue weighted by Crippen LogP contribution is -2.31. The molecule has 0 bridgehead atoms. The monoisotopic (exact) mass is 346 g/mol. The Balaban J connectivity index is 2.18. The maximum atomic E-state index is 12.0. The lowest BCUT2D eigenvalue weighted by atomic mass is 10.1. The fraction of sp³-hybridized carbons (Fsp3) is 0.235. The summed E-state index contributed by atoms with van der Waals surface area (Å²) in [5.74, 6) is -0.174. The Morgan fingerprint density at radius 2 is 2.08 bits per heavy atom. The average molecular weight is 346 g/mol. The van der Waals surface area contributed by atoms with E-state index in [0.717, 1.165) is 9.75 Å². The van der Waals surface area contributed by atoms with Gasteiger partial charge in [0.25, 0.3) is 5.69 Å². The maximum absolute atomic E-state index is 12.0. The number of nitro groups is 1. The number of carbonyl (C=O) groups is 1. The van der Waals surface area contributed by atoms with E-state index in [9.17, 15) is 14.9 Å². The molecule has 0 radical (unpaired) electrons. The summed E-state index contributed by atoms with van der Waals surface area (Å²) >= 11 is 1.38. The van der Waals surface area contributed by atoms with E-state index in [2.05, 4.69) is 0 Å². The van der Waals surface area contributed by atoms with Crippen molar-refractivity contribution in [1.82, 2.24) is 4.90 Å². The number of likely N-dealkylation sites (N-methyl/N-ethyl adjacent to an activating group) is 1. The molecule has 0 aliphatic carbocycles. The van der Waals surface area contributed by atoms with Crippen molar-refractivity contribution in [3.63, 3.8) is 0 Å². The van der Waals surface area contributed by atoms with Gasteiger partial charge in [-0.2, -0.15) is 0 Å². The van der Waals surface area contributed by atoms with Gasteiger partial charge in [0.2, 0.25) is 5.91 Å². The van der Waals surface area contributed by atoms with Crippen LogP contribution in [0.25, 0.3) is 16.5 Å². The summed E-state index contributed by atoms with van der Waals surface area (Å²) in [4.78, 5) is 25.9. The van der Waals surface area contributed by atoms with Crippen molar-refractivity contribution >= 4 is 29.0 Å². The molecule has 1 amide bonds. The molecule has 0 unspecified atom stereocenters. The molecule has 6 nitrogen and oxygen atoms in total. The number of rotatable bonds is 7. The minimum absolute atomic E-state index is 0.0612. The van der Waals surface area contributed by atoms with Gasteiger partial charge in [-0.15, -0.1) is 11.3 Å². The Bertz CT molecular complexity index is 755. The minimum atomic E-state index is -0.401. The Morgan fingerprint density at radius 3 is 2.75 bits per heavy atom. The summed E-state index contributed by atoms with van der Waals surface area (Å²) in [5.41, 5.74) is 0.625. The fourth-order valence-corrected chi connectivity index (χ4v) is 3.18. The summed E-state index contributed by atoms with van der Waals surface area (Å²) in [6.07, 6.45) is 3.14. The van der Waals surface area contributed by atoms with E-state index in [-0.39, 0.29) is 18.2 Å². The molecule has 24 heavy (non-hydrogen) atoms. The second kappa shape index (κ2) is 8.37. The van der Waals surface area contributed by atoms with Gasteiger partial charge in [-0.25, -0.2) is 0 Å². The van der Waals surface area contributed by atoms with Gasteiger partial charge in [-0.05, 0) is 31.2 Å². The first-order chi connectivity index (χ1) is 11.6. The Labute approximate surface area is 143 Å². The van der Waals surface area contributed by atoms with Gasteiger partial charge in [0, 0.05) is 35.0 Å². The molecule has 0 saturated carbocycles. The van der Waals surface area contributed by atoms with E-state index in [4.69, 9.17) is 5.11 Å². The molecule has 2 rings (SSSR count). The second-order valence-electron chi connectivity index (χ2n) is 4.95. The predicted octanol–water partition coefficient (Wildman–Crippen LogP) is 3.18. The van der Waals surface area contributed by atoms with E-state index in [1.165, 1.54) is 28.4 Å². The van der Waals surface area contributed by atoms with Crippen LogP contribution in [0.1, 0.15) is 11.8 Å². The van der Waals surface area contributed by atoms with Gasteiger partial charge in [0.05, 0.1) is 17.1 Å². The highest BCUT2D eigenvalue weighted by molar-refractivity contribution is 7.16. The number of thiophene rings is 1. The highest BCUT2D eigenvalue weighted by atomic mass is 32.1. The molecule has 126 valence electrons. The molecule has 0 aliphatic heterocycles. The van der Waals surface area contributed by atoms with E-state index < -0.39 is 4.92 Å². The van der Waals surface area contributed by atoms with Gasteiger partial charge < -0.3 is 10.0 Å². The summed E-state index contributed by atoms with van der Waals surface area (Å²) < 4.78 is 0. The largest absolute Gasteiger partial charge is 0.395 e. The molecule has 0 atom stereocenters. The molecule has 1 N–H and O–H groups in total. The zero-order valence-electron chi connectivity index (χ0n) is 13.2. The van der Waals surface area contributed by atoms with Crippen molar-refractivity contribution in [2.75, 3.05) is 19.7 Å². The lowest BCUT2D eigenvalue weighted by molar-refractivity contribution is -0.384. The maximum Gasteiger partial charge on any atom is 0.278 e. The third-order valence-corrected chi connectivity index (χ3v) is 4.53. The number of nitro benzene ring substituents is 1. The van der Waals surface area contributed by atoms with Crippen molar-refractivity contribution in [2.24, 2.45) is 0 Å². The number of benzene rings is 1. The van der Waals surface area contributed by atoms with Crippen molar-refractivity contribution in [2.45, 2.75) is 6.92 Å². The van der Waals surface area contributed by atoms with Gasteiger partial charge >= 0.3 is 0 Å². The van der Waals surface area contributed by atoms with E-state index in [1.54, 1.807) is 24.3 Å². The van der Waals surface area contributed by atoms with Crippen LogP contribution in [0, 0.1) is 10.1 Å². The van der Waals surface area contributed by atoms with Crippen molar-refractivity contribution in [1.29, 1.82) is 0 Å². The van der Waals surface area contributed by atoms with Crippen LogP contribution in [0.5, 0.6) is 0 Å². The molecule has 1 aromatic carbocycles. The third-order valence-electron chi connectivity index (χ3n) is 3.45. The zero-order chi connectivity index (χ0) is 17.5. The highest BCUT2D eigenvalue weighted by Crippen LogP contribution is 2.34. The molecule has 0 spiro atoms. The molecular weight excluding hydrogens is 328 g/mol. The quantitative estimate of drug-likeness (QED) is 0.474. The minimum Gasteiger partial charge on any atom is -0.395 e. The molecule has 0 fully saturated rings. The summed E-state index contributed by atoms with van der Waals surface area (Å²) in [7, 11) is 0. The first kappa shape index (κ1) is 17.8. The number of aliphatic hydroxyl groups is 1. The van der Waals surface area contributed by atoms with Crippen LogP contribution in [-0.4, -0.2) is 40.5 Å². The van der Waals surface area contributed by atoms with Crippen LogP contribution < -0.4 is 0 Å². The van der Waals surface area contributed by atoms with Crippen molar-refractivity contribution in [3.8, 4) is 10.4 Å². The van der Waals surface area contributed by atoms with Crippen molar-refractivity contribution in [3.05, 3.63) is 57.5 Å². The van der Waals surface area contributed by atoms with Gasteiger partial charge in [-0.3, -0.25) is 14.9 Å². The number of aliphatic hydroxyl groups excluding tert-OH is 1. The van der Waals surface area contributed by atoms with Crippen LogP contribution in [0.15, 0.2) is 42.5 Å². The van der Waals surface area contributed by atoms with Crippen LogP contribution in [0.2, 0.25) is 0 Å². The van der Waals surface area contributed by atoms with Crippen LogP contribution in [0.3, 0.4) is 0 Å². The molecular formula is C17H18N2O4S. The number of hydrogen-bond donors (Lipinski definition) is 1. The van der Waals surface area contributed by atoms with Gasteiger partial charge in [-0.1, -0.05) is 12.1 Å². The van der Waals surface area contributed by atoms with Crippen LogP contribution in [-0.2, 0) is 4.79 Å². The van der Waals surface area contributed by atoms with E-state index in [0.29, 0.717) is 18.7 Å². The molecule has 1 heterocycles. The lowest BCUT2D eigenvalue weighted by Gasteiger charge is -2.17. The predicted molar refractivity (Wildman–Crippen MR) is 94.8 cm³/mol. The summed E-state index contributed by atoms with van der Waals surface area (Å²) in [6.45, 7) is 2.59. The molecule has 0 saturated heterocycles. The summed E-state index contributed by atoms with van der Waals surface area (Å²) in [5, 5.41) is 20.0. The third kappa shape index (κ3) is 4.27. The SMILES string of the molecule is CCN(CCO)C(=O)/C=C/c1ccc(-c2ccccc2[N+](=O)[O-])s1. The molecule has 2 aromatic rings. The number of hydrogen-bond acceptors (Lipinski definition) is 5. The fourth-order valence-electron chi connectivity index (χ4n) is 2.23. The number of para-hydroxylation sites is 1. The smallest absolute Gasteiger partial charge is 0.278 e. The summed E-state index contributed by atoms with van der Waals surface area (Å²) in [6, 6.07) is 10.2. The van der Waals surface area contributed by atoms with Crippen molar-refractivity contribution < 1.29 is 14.8 Å². The zero-order valence-corrected chi connectivity index (χ0v) is 14.0.